The molecule has 0 saturated carbocycles. The minimum absolute atomic E-state index is 0.904. The molecule has 0 spiro atoms. The number of nitrogens with one attached hydrogen (secondary N) is 2. The molecule has 3 heteroatoms. The highest BCUT2D eigenvalue weighted by atomic mass is 14.9. The molecule has 3 nitrogen and oxygen atoms in total. The second-order valence-electron chi connectivity index (χ2n) is 8.17. The van der Waals surface area contributed by atoms with Crippen LogP contribution in [0.15, 0.2) is 78.9 Å². The Balaban J connectivity index is 1.63. The molecule has 6 rings (SSSR count). The van der Waals surface area contributed by atoms with Crippen molar-refractivity contribution in [1.82, 2.24) is 15.0 Å². The van der Waals surface area contributed by atoms with Crippen molar-refractivity contribution in [3.05, 3.63) is 95.7 Å². The summed E-state index contributed by atoms with van der Waals surface area (Å²) in [6.07, 6.45) is 6.71. The van der Waals surface area contributed by atoms with Crippen LogP contribution in [0.1, 0.15) is 23.2 Å². The SMILES string of the molecule is Cc1[nH]c2ccccc2c1-c1nc(-c2cccc3c2C=CCC3)c(-c2ccccc2)[nH]1. The van der Waals surface area contributed by atoms with E-state index < -0.39 is 0 Å². The zero-order chi connectivity index (χ0) is 20.8. The highest BCUT2D eigenvalue weighted by Gasteiger charge is 2.21. The summed E-state index contributed by atoms with van der Waals surface area (Å²) in [6, 6.07) is 25.5. The van der Waals surface area contributed by atoms with Gasteiger partial charge in [-0.2, -0.15) is 0 Å². The molecule has 31 heavy (non-hydrogen) atoms. The van der Waals surface area contributed by atoms with Gasteiger partial charge in [0.1, 0.15) is 5.82 Å². The summed E-state index contributed by atoms with van der Waals surface area (Å²) >= 11 is 0. The maximum absolute atomic E-state index is 5.21. The number of aryl methyl sites for hydroxylation is 2. The number of fused-ring (bicyclic) bond motifs is 2. The van der Waals surface area contributed by atoms with E-state index in [1.807, 2.05) is 0 Å². The highest BCUT2D eigenvalue weighted by Crippen LogP contribution is 2.39. The van der Waals surface area contributed by atoms with Crippen LogP contribution in [0.25, 0.3) is 50.9 Å². The lowest BCUT2D eigenvalue weighted by molar-refractivity contribution is 0.986. The van der Waals surface area contributed by atoms with Gasteiger partial charge in [0.05, 0.1) is 11.4 Å². The average Bonchev–Trinajstić information content (AvgIpc) is 3.39. The zero-order valence-corrected chi connectivity index (χ0v) is 17.4. The van der Waals surface area contributed by atoms with Gasteiger partial charge in [0, 0.05) is 33.3 Å². The van der Waals surface area contributed by atoms with E-state index in [4.69, 9.17) is 4.98 Å². The predicted octanol–water partition coefficient (Wildman–Crippen LogP) is 7.16. The first kappa shape index (κ1) is 18.0. The van der Waals surface area contributed by atoms with Crippen molar-refractivity contribution in [2.75, 3.05) is 0 Å². The van der Waals surface area contributed by atoms with Crippen LogP contribution < -0.4 is 0 Å². The molecule has 0 bridgehead atoms. The summed E-state index contributed by atoms with van der Waals surface area (Å²) in [7, 11) is 0. The Bertz CT molecular complexity index is 1430. The average molecular weight is 402 g/mol. The molecule has 0 unspecified atom stereocenters. The number of aromatic amines is 2. The van der Waals surface area contributed by atoms with Gasteiger partial charge < -0.3 is 9.97 Å². The number of H-pyrrole nitrogens is 2. The second kappa shape index (κ2) is 7.13. The zero-order valence-electron chi connectivity index (χ0n) is 17.4. The molecule has 5 aromatic rings. The molecular weight excluding hydrogens is 378 g/mol. The van der Waals surface area contributed by atoms with Crippen molar-refractivity contribution in [3.8, 4) is 33.9 Å². The maximum atomic E-state index is 5.21. The summed E-state index contributed by atoms with van der Waals surface area (Å²) in [5, 5.41) is 1.19. The summed E-state index contributed by atoms with van der Waals surface area (Å²) in [5.41, 5.74) is 10.5. The van der Waals surface area contributed by atoms with Crippen LogP contribution in [-0.4, -0.2) is 15.0 Å². The van der Waals surface area contributed by atoms with Crippen molar-refractivity contribution in [1.29, 1.82) is 0 Å². The minimum Gasteiger partial charge on any atom is -0.358 e. The van der Waals surface area contributed by atoms with Gasteiger partial charge in [0.25, 0.3) is 0 Å². The third-order valence-electron chi connectivity index (χ3n) is 6.21. The van der Waals surface area contributed by atoms with E-state index in [1.165, 1.54) is 22.1 Å². The van der Waals surface area contributed by atoms with Crippen LogP contribution in [0.2, 0.25) is 0 Å². The fourth-order valence-electron chi connectivity index (χ4n) is 4.76. The molecule has 0 fully saturated rings. The van der Waals surface area contributed by atoms with Gasteiger partial charge in [-0.25, -0.2) is 4.98 Å². The molecule has 0 radical (unpaired) electrons. The van der Waals surface area contributed by atoms with Crippen LogP contribution >= 0.6 is 0 Å². The molecular formula is C28H23N3. The fourth-order valence-corrected chi connectivity index (χ4v) is 4.76. The summed E-state index contributed by atoms with van der Waals surface area (Å²) in [4.78, 5) is 12.4. The first-order valence-electron chi connectivity index (χ1n) is 10.8. The second-order valence-corrected chi connectivity index (χ2v) is 8.17. The van der Waals surface area contributed by atoms with E-state index in [9.17, 15) is 0 Å². The lowest BCUT2D eigenvalue weighted by Crippen LogP contribution is -1.97. The first-order chi connectivity index (χ1) is 15.3. The van der Waals surface area contributed by atoms with Crippen molar-refractivity contribution in [2.24, 2.45) is 0 Å². The molecule has 3 aromatic carbocycles. The van der Waals surface area contributed by atoms with Gasteiger partial charge in [0.15, 0.2) is 0 Å². The largest absolute Gasteiger partial charge is 0.358 e. The van der Waals surface area contributed by atoms with Gasteiger partial charge >= 0.3 is 0 Å². The Morgan fingerprint density at radius 2 is 1.68 bits per heavy atom. The van der Waals surface area contributed by atoms with Gasteiger partial charge in [0.2, 0.25) is 0 Å². The molecule has 0 saturated heterocycles. The monoisotopic (exact) mass is 401 g/mol. The Morgan fingerprint density at radius 3 is 2.58 bits per heavy atom. The fraction of sp³-hybridized carbons (Fsp3) is 0.107. The van der Waals surface area contributed by atoms with Crippen molar-refractivity contribution < 1.29 is 0 Å². The Hall–Kier alpha value is -3.85. The number of hydrogen-bond donors (Lipinski definition) is 2. The minimum atomic E-state index is 0.904. The standard InChI is InChI=1S/C28H23N3/c1-18-25(23-15-7-8-17-24(23)29-18)28-30-26(20-11-3-2-4-12-20)27(31-28)22-16-9-13-19-10-5-6-14-21(19)22/h2-4,6-9,11-17,29H,5,10H2,1H3,(H,30,31). The maximum Gasteiger partial charge on any atom is 0.140 e. The third kappa shape index (κ3) is 2.93. The van der Waals surface area contributed by atoms with Crippen molar-refractivity contribution in [3.63, 3.8) is 0 Å². The lowest BCUT2D eigenvalue weighted by Gasteiger charge is -2.14. The molecule has 150 valence electrons. The predicted molar refractivity (Wildman–Crippen MR) is 129 cm³/mol. The number of hydrogen-bond acceptors (Lipinski definition) is 1. The van der Waals surface area contributed by atoms with Crippen LogP contribution in [0, 0.1) is 6.92 Å². The quantitative estimate of drug-likeness (QED) is 0.331. The van der Waals surface area contributed by atoms with Crippen molar-refractivity contribution >= 4 is 17.0 Å². The smallest absolute Gasteiger partial charge is 0.140 e. The number of para-hydroxylation sites is 1. The van der Waals surface area contributed by atoms with E-state index in [0.717, 1.165) is 52.4 Å². The molecule has 0 amide bonds. The third-order valence-corrected chi connectivity index (χ3v) is 6.21. The van der Waals surface area contributed by atoms with Crippen LogP contribution in [0.5, 0.6) is 0 Å². The van der Waals surface area contributed by atoms with Crippen molar-refractivity contribution in [2.45, 2.75) is 19.8 Å². The molecule has 2 aromatic heterocycles. The van der Waals surface area contributed by atoms with E-state index in [1.54, 1.807) is 0 Å². The Kier molecular flexibility index (Phi) is 4.13. The van der Waals surface area contributed by atoms with Crippen LogP contribution in [-0.2, 0) is 6.42 Å². The summed E-state index contributed by atoms with van der Waals surface area (Å²) < 4.78 is 0. The molecule has 1 aliphatic carbocycles. The van der Waals surface area contributed by atoms with E-state index in [2.05, 4.69) is 102 Å². The van der Waals surface area contributed by atoms with Gasteiger partial charge in [-0.15, -0.1) is 0 Å². The van der Waals surface area contributed by atoms with Crippen LogP contribution in [0.3, 0.4) is 0 Å². The molecule has 0 aliphatic heterocycles. The molecule has 1 aliphatic rings. The molecule has 2 N–H and O–H groups in total. The lowest BCUT2D eigenvalue weighted by atomic mass is 9.91. The van der Waals surface area contributed by atoms with E-state index in [-0.39, 0.29) is 0 Å². The Morgan fingerprint density at radius 1 is 0.839 bits per heavy atom. The topological polar surface area (TPSA) is 44.5 Å². The number of allylic oxidation sites excluding steroid dienone is 1. The van der Waals surface area contributed by atoms with Gasteiger partial charge in [-0.05, 0) is 37.0 Å². The van der Waals surface area contributed by atoms with E-state index >= 15 is 0 Å². The number of benzene rings is 3. The summed E-state index contributed by atoms with van der Waals surface area (Å²) in [6.45, 7) is 2.12. The Labute approximate surface area is 181 Å². The molecule has 0 atom stereocenters. The van der Waals surface area contributed by atoms with E-state index in [0.29, 0.717) is 0 Å². The first-order valence-corrected chi connectivity index (χ1v) is 10.8. The number of nitrogens with zero attached hydrogens (tertiary/aromatic N) is 1. The van der Waals surface area contributed by atoms with Gasteiger partial charge in [-0.1, -0.05) is 78.9 Å². The van der Waals surface area contributed by atoms with Crippen LogP contribution in [0.4, 0.5) is 0 Å². The highest BCUT2D eigenvalue weighted by molar-refractivity contribution is 5.97. The molecule has 2 heterocycles. The number of aromatic nitrogens is 3. The summed E-state index contributed by atoms with van der Waals surface area (Å²) in [5.74, 6) is 0.904. The van der Waals surface area contributed by atoms with Gasteiger partial charge in [-0.3, -0.25) is 0 Å². The number of imidazole rings is 1. The number of rotatable bonds is 3. The normalized spacial score (nSPS) is 12.9.